The Hall–Kier alpha value is -2.54. The van der Waals surface area contributed by atoms with Crippen molar-refractivity contribution in [3.8, 4) is 0 Å². The van der Waals surface area contributed by atoms with E-state index in [2.05, 4.69) is 10.3 Å². The molecule has 0 radical (unpaired) electrons. The van der Waals surface area contributed by atoms with Crippen LogP contribution in [-0.2, 0) is 13.0 Å². The third kappa shape index (κ3) is 3.16. The first-order valence-electron chi connectivity index (χ1n) is 9.06. The summed E-state index contributed by atoms with van der Waals surface area (Å²) in [5, 5.41) is 3.28. The maximum Gasteiger partial charge on any atom is 0.266 e. The van der Waals surface area contributed by atoms with Crippen molar-refractivity contribution in [1.82, 2.24) is 9.55 Å². The number of hydrogen-bond donors (Lipinski definition) is 1. The molecule has 2 aromatic heterocycles. The van der Waals surface area contributed by atoms with E-state index in [1.165, 1.54) is 23.5 Å². The number of fused-ring (bicyclic) bond motifs is 2. The number of nitrogens with one attached hydrogen (secondary N) is 1. The SMILES string of the molecule is Cc1ccc(F)cc1NC(=O)c1sc2nc3n(c(=O)c2c1C)CCCCC3. The largest absolute Gasteiger partial charge is 0.321 e. The Bertz CT molecular complexity index is 1120. The number of aromatic nitrogens is 2. The molecule has 0 aliphatic carbocycles. The Morgan fingerprint density at radius 1 is 1.26 bits per heavy atom. The Morgan fingerprint density at radius 3 is 2.89 bits per heavy atom. The van der Waals surface area contributed by atoms with Gasteiger partial charge in [-0.1, -0.05) is 12.5 Å². The summed E-state index contributed by atoms with van der Waals surface area (Å²) in [4.78, 5) is 31.5. The molecule has 27 heavy (non-hydrogen) atoms. The minimum absolute atomic E-state index is 0.0633. The van der Waals surface area contributed by atoms with Crippen LogP contribution >= 0.6 is 11.3 Å². The number of rotatable bonds is 2. The summed E-state index contributed by atoms with van der Waals surface area (Å²) < 4.78 is 15.3. The monoisotopic (exact) mass is 385 g/mol. The summed E-state index contributed by atoms with van der Waals surface area (Å²) in [6, 6.07) is 4.27. The highest BCUT2D eigenvalue weighted by molar-refractivity contribution is 7.20. The fourth-order valence-electron chi connectivity index (χ4n) is 3.53. The molecule has 1 aromatic carbocycles. The van der Waals surface area contributed by atoms with Gasteiger partial charge in [0.05, 0.1) is 10.3 Å². The third-order valence-electron chi connectivity index (χ3n) is 5.07. The maximum absolute atomic E-state index is 13.5. The average Bonchev–Trinajstić information content (AvgIpc) is 2.80. The van der Waals surface area contributed by atoms with Gasteiger partial charge in [0.25, 0.3) is 11.5 Å². The van der Waals surface area contributed by atoms with Gasteiger partial charge in [0, 0.05) is 18.7 Å². The van der Waals surface area contributed by atoms with Crippen molar-refractivity contribution in [3.63, 3.8) is 0 Å². The van der Waals surface area contributed by atoms with Gasteiger partial charge in [-0.25, -0.2) is 9.37 Å². The predicted octanol–water partition coefficient (Wildman–Crippen LogP) is 4.19. The first kappa shape index (κ1) is 17.9. The summed E-state index contributed by atoms with van der Waals surface area (Å²) in [7, 11) is 0. The van der Waals surface area contributed by atoms with Crippen molar-refractivity contribution < 1.29 is 9.18 Å². The van der Waals surface area contributed by atoms with Crippen LogP contribution in [0.1, 0.15) is 45.9 Å². The number of anilines is 1. The van der Waals surface area contributed by atoms with E-state index in [0.29, 0.717) is 32.9 Å². The molecule has 0 bridgehead atoms. The Morgan fingerprint density at radius 2 is 2.07 bits per heavy atom. The highest BCUT2D eigenvalue weighted by Crippen LogP contribution is 2.29. The van der Waals surface area contributed by atoms with Gasteiger partial charge in [-0.3, -0.25) is 14.2 Å². The van der Waals surface area contributed by atoms with Gasteiger partial charge < -0.3 is 5.32 Å². The topological polar surface area (TPSA) is 64.0 Å². The average molecular weight is 385 g/mol. The lowest BCUT2D eigenvalue weighted by Crippen LogP contribution is -2.24. The number of amides is 1. The fourth-order valence-corrected chi connectivity index (χ4v) is 4.62. The van der Waals surface area contributed by atoms with Crippen LogP contribution in [0.2, 0.25) is 0 Å². The first-order chi connectivity index (χ1) is 13.0. The van der Waals surface area contributed by atoms with Gasteiger partial charge in [-0.15, -0.1) is 11.3 Å². The van der Waals surface area contributed by atoms with Gasteiger partial charge in [0.2, 0.25) is 0 Å². The Balaban J connectivity index is 1.77. The molecular formula is C20H20FN3O2S. The van der Waals surface area contributed by atoms with Gasteiger partial charge in [-0.2, -0.15) is 0 Å². The van der Waals surface area contributed by atoms with Crippen molar-refractivity contribution in [2.24, 2.45) is 0 Å². The molecule has 1 amide bonds. The first-order valence-corrected chi connectivity index (χ1v) is 9.87. The van der Waals surface area contributed by atoms with Crippen LogP contribution in [-0.4, -0.2) is 15.5 Å². The van der Waals surface area contributed by atoms with Crippen LogP contribution in [0.4, 0.5) is 10.1 Å². The van der Waals surface area contributed by atoms with Crippen LogP contribution in [0.25, 0.3) is 10.2 Å². The molecule has 0 atom stereocenters. The summed E-state index contributed by atoms with van der Waals surface area (Å²) in [5.41, 5.74) is 1.77. The van der Waals surface area contributed by atoms with Crippen LogP contribution in [0.15, 0.2) is 23.0 Å². The number of nitrogens with zero attached hydrogens (tertiary/aromatic N) is 2. The molecule has 5 nitrogen and oxygen atoms in total. The smallest absolute Gasteiger partial charge is 0.266 e. The second kappa shape index (κ2) is 6.88. The summed E-state index contributed by atoms with van der Waals surface area (Å²) in [6.07, 6.45) is 3.87. The number of thiophene rings is 1. The lowest BCUT2D eigenvalue weighted by Gasteiger charge is -2.08. The van der Waals surface area contributed by atoms with Crippen molar-refractivity contribution >= 4 is 33.1 Å². The number of halogens is 1. The van der Waals surface area contributed by atoms with Crippen molar-refractivity contribution in [2.75, 3.05) is 5.32 Å². The van der Waals surface area contributed by atoms with E-state index in [0.717, 1.165) is 37.1 Å². The molecule has 1 aliphatic heterocycles. The summed E-state index contributed by atoms with van der Waals surface area (Å²) >= 11 is 1.22. The maximum atomic E-state index is 13.5. The lowest BCUT2D eigenvalue weighted by molar-refractivity contribution is 0.103. The van der Waals surface area contributed by atoms with Gasteiger partial charge >= 0.3 is 0 Å². The van der Waals surface area contributed by atoms with Gasteiger partial charge in [0.1, 0.15) is 16.5 Å². The van der Waals surface area contributed by atoms with Crippen LogP contribution < -0.4 is 10.9 Å². The molecule has 0 saturated carbocycles. The zero-order valence-corrected chi connectivity index (χ0v) is 16.1. The van der Waals surface area contributed by atoms with E-state index in [-0.39, 0.29) is 11.5 Å². The number of carbonyl (C=O) groups is 1. The minimum Gasteiger partial charge on any atom is -0.321 e. The highest BCUT2D eigenvalue weighted by Gasteiger charge is 2.22. The molecule has 0 fully saturated rings. The molecule has 3 aromatic rings. The lowest BCUT2D eigenvalue weighted by atomic mass is 10.1. The van der Waals surface area contributed by atoms with E-state index < -0.39 is 5.82 Å². The summed E-state index contributed by atoms with van der Waals surface area (Å²) in [5.74, 6) is 0.0515. The van der Waals surface area contributed by atoms with E-state index >= 15 is 0 Å². The van der Waals surface area contributed by atoms with Crippen molar-refractivity contribution in [3.05, 3.63) is 56.2 Å². The Kier molecular flexibility index (Phi) is 4.55. The number of aryl methyl sites for hydroxylation is 3. The number of benzene rings is 1. The fraction of sp³-hybridized carbons (Fsp3) is 0.350. The van der Waals surface area contributed by atoms with Crippen LogP contribution in [0, 0.1) is 19.7 Å². The van der Waals surface area contributed by atoms with E-state index in [9.17, 15) is 14.0 Å². The highest BCUT2D eigenvalue weighted by atomic mass is 32.1. The van der Waals surface area contributed by atoms with Gasteiger partial charge in [-0.05, 0) is 49.9 Å². The Labute approximate surface area is 159 Å². The van der Waals surface area contributed by atoms with Crippen molar-refractivity contribution in [1.29, 1.82) is 0 Å². The second-order valence-corrected chi connectivity index (χ2v) is 7.94. The van der Waals surface area contributed by atoms with Crippen LogP contribution in [0.3, 0.4) is 0 Å². The number of carbonyl (C=O) groups excluding carboxylic acids is 1. The molecule has 4 rings (SSSR count). The van der Waals surface area contributed by atoms with E-state index in [1.807, 2.05) is 0 Å². The third-order valence-corrected chi connectivity index (χ3v) is 6.25. The number of hydrogen-bond acceptors (Lipinski definition) is 4. The van der Waals surface area contributed by atoms with Crippen LogP contribution in [0.5, 0.6) is 0 Å². The molecular weight excluding hydrogens is 365 g/mol. The zero-order chi connectivity index (χ0) is 19.1. The molecule has 7 heteroatoms. The minimum atomic E-state index is -0.410. The summed E-state index contributed by atoms with van der Waals surface area (Å²) in [6.45, 7) is 4.26. The van der Waals surface area contributed by atoms with E-state index in [1.54, 1.807) is 24.5 Å². The molecule has 1 aliphatic rings. The zero-order valence-electron chi connectivity index (χ0n) is 15.3. The quantitative estimate of drug-likeness (QED) is 0.719. The standard InChI is InChI=1S/C20H20FN3O2S/c1-11-7-8-13(21)10-14(11)22-18(25)17-12(2)16-19(27-17)23-15-6-4-3-5-9-24(15)20(16)26/h7-8,10H,3-6,9H2,1-2H3,(H,22,25). The predicted molar refractivity (Wildman–Crippen MR) is 105 cm³/mol. The molecule has 0 spiro atoms. The molecule has 1 N–H and O–H groups in total. The van der Waals surface area contributed by atoms with Crippen molar-refractivity contribution in [2.45, 2.75) is 46.1 Å². The van der Waals surface area contributed by atoms with E-state index in [4.69, 9.17) is 0 Å². The molecule has 0 saturated heterocycles. The van der Waals surface area contributed by atoms with Gasteiger partial charge in [0.15, 0.2) is 0 Å². The molecule has 0 unspecified atom stereocenters. The second-order valence-electron chi connectivity index (χ2n) is 6.95. The molecule has 140 valence electrons. The normalized spacial score (nSPS) is 14.0. The molecule has 3 heterocycles.